The first-order chi connectivity index (χ1) is 9.77. The number of rotatable bonds is 9. The minimum atomic E-state index is -0.172. The fraction of sp³-hybridized carbons (Fsp3) is 0.562. The Kier molecular flexibility index (Phi) is 8.27. The normalized spacial score (nSPS) is 10.1. The molecule has 4 nitrogen and oxygen atoms in total. The van der Waals surface area contributed by atoms with Crippen LogP contribution in [0.15, 0.2) is 24.3 Å². The molecule has 1 aromatic rings. The summed E-state index contributed by atoms with van der Waals surface area (Å²) >= 11 is 0. The van der Waals surface area contributed by atoms with Crippen molar-refractivity contribution in [3.63, 3.8) is 0 Å². The number of nitrogens with one attached hydrogen (secondary N) is 2. The molecule has 0 spiro atoms. The van der Waals surface area contributed by atoms with Crippen molar-refractivity contribution in [1.29, 1.82) is 0 Å². The molecule has 0 aliphatic rings. The van der Waals surface area contributed by atoms with Crippen molar-refractivity contribution in [3.05, 3.63) is 24.3 Å². The third-order valence-corrected chi connectivity index (χ3v) is 2.91. The van der Waals surface area contributed by atoms with Crippen LogP contribution in [0.3, 0.4) is 0 Å². The molecule has 1 aromatic carbocycles. The summed E-state index contributed by atoms with van der Waals surface area (Å²) in [5, 5.41) is 5.70. The zero-order chi connectivity index (χ0) is 14.6. The molecule has 0 fully saturated rings. The van der Waals surface area contributed by atoms with Gasteiger partial charge in [0.1, 0.15) is 5.75 Å². The van der Waals surface area contributed by atoms with Crippen molar-refractivity contribution >= 4 is 11.7 Å². The smallest absolute Gasteiger partial charge is 0.319 e. The second-order valence-corrected chi connectivity index (χ2v) is 4.79. The standard InChI is InChI=1S/C16H26N2O2/c1-3-5-6-9-12-17-16(19)18-14-10-7-8-11-15(14)20-13-4-2/h7-8,10-11H,3-6,9,12-13H2,1-2H3,(H2,17,18,19). The largest absolute Gasteiger partial charge is 0.491 e. The average molecular weight is 278 g/mol. The molecule has 4 heteroatoms. The summed E-state index contributed by atoms with van der Waals surface area (Å²) in [6, 6.07) is 7.33. The van der Waals surface area contributed by atoms with Crippen LogP contribution in [0.2, 0.25) is 0 Å². The minimum Gasteiger partial charge on any atom is -0.491 e. The van der Waals surface area contributed by atoms with Gasteiger partial charge in [-0.3, -0.25) is 0 Å². The van der Waals surface area contributed by atoms with E-state index in [0.29, 0.717) is 18.8 Å². The maximum Gasteiger partial charge on any atom is 0.319 e. The number of unbranched alkanes of at least 4 members (excludes halogenated alkanes) is 3. The van der Waals surface area contributed by atoms with Crippen LogP contribution in [0.25, 0.3) is 0 Å². The van der Waals surface area contributed by atoms with Gasteiger partial charge in [-0.25, -0.2) is 4.79 Å². The number of hydrogen-bond donors (Lipinski definition) is 2. The van der Waals surface area contributed by atoms with E-state index in [4.69, 9.17) is 4.74 Å². The molecule has 20 heavy (non-hydrogen) atoms. The Labute approximate surface area is 121 Å². The quantitative estimate of drug-likeness (QED) is 0.666. The van der Waals surface area contributed by atoms with E-state index in [1.165, 1.54) is 12.8 Å². The van der Waals surface area contributed by atoms with Crippen molar-refractivity contribution < 1.29 is 9.53 Å². The molecule has 0 bridgehead atoms. The first-order valence-electron chi connectivity index (χ1n) is 7.54. The van der Waals surface area contributed by atoms with Crippen LogP contribution >= 0.6 is 0 Å². The summed E-state index contributed by atoms with van der Waals surface area (Å²) in [6.07, 6.45) is 5.55. The number of anilines is 1. The molecule has 112 valence electrons. The van der Waals surface area contributed by atoms with E-state index in [1.807, 2.05) is 24.3 Å². The van der Waals surface area contributed by atoms with Gasteiger partial charge >= 0.3 is 6.03 Å². The molecule has 0 saturated carbocycles. The Morgan fingerprint density at radius 3 is 2.65 bits per heavy atom. The Hall–Kier alpha value is -1.71. The summed E-state index contributed by atoms with van der Waals surface area (Å²) in [6.45, 7) is 5.59. The molecule has 2 amide bonds. The molecule has 2 N–H and O–H groups in total. The first-order valence-corrected chi connectivity index (χ1v) is 7.54. The van der Waals surface area contributed by atoms with Crippen LogP contribution in [-0.4, -0.2) is 19.2 Å². The van der Waals surface area contributed by atoms with E-state index in [0.717, 1.165) is 25.0 Å². The summed E-state index contributed by atoms with van der Waals surface area (Å²) in [5.41, 5.74) is 0.715. The number of para-hydroxylation sites is 2. The highest BCUT2D eigenvalue weighted by Gasteiger charge is 2.06. The third kappa shape index (κ3) is 6.45. The van der Waals surface area contributed by atoms with Gasteiger partial charge in [-0.05, 0) is 25.0 Å². The van der Waals surface area contributed by atoms with Crippen LogP contribution in [0.4, 0.5) is 10.5 Å². The van der Waals surface area contributed by atoms with Gasteiger partial charge in [-0.2, -0.15) is 0 Å². The Morgan fingerprint density at radius 2 is 1.90 bits per heavy atom. The van der Waals surface area contributed by atoms with E-state index < -0.39 is 0 Å². The van der Waals surface area contributed by atoms with Gasteiger partial charge in [0.15, 0.2) is 0 Å². The highest BCUT2D eigenvalue weighted by molar-refractivity contribution is 5.90. The molecule has 0 radical (unpaired) electrons. The van der Waals surface area contributed by atoms with E-state index >= 15 is 0 Å². The van der Waals surface area contributed by atoms with Crippen molar-refractivity contribution in [2.24, 2.45) is 0 Å². The van der Waals surface area contributed by atoms with Crippen molar-refractivity contribution in [3.8, 4) is 5.75 Å². The highest BCUT2D eigenvalue weighted by Crippen LogP contribution is 2.23. The van der Waals surface area contributed by atoms with Crippen LogP contribution in [0.1, 0.15) is 46.0 Å². The van der Waals surface area contributed by atoms with E-state index in [9.17, 15) is 4.79 Å². The Morgan fingerprint density at radius 1 is 1.10 bits per heavy atom. The number of amides is 2. The van der Waals surface area contributed by atoms with Crippen LogP contribution in [0, 0.1) is 0 Å². The average Bonchev–Trinajstić information content (AvgIpc) is 2.46. The number of carbonyl (C=O) groups is 1. The van der Waals surface area contributed by atoms with Gasteiger partial charge in [0.25, 0.3) is 0 Å². The molecule has 0 heterocycles. The monoisotopic (exact) mass is 278 g/mol. The zero-order valence-electron chi connectivity index (χ0n) is 12.6. The lowest BCUT2D eigenvalue weighted by Gasteiger charge is -2.12. The lowest BCUT2D eigenvalue weighted by molar-refractivity contribution is 0.251. The second-order valence-electron chi connectivity index (χ2n) is 4.79. The van der Waals surface area contributed by atoms with Crippen LogP contribution in [0.5, 0.6) is 5.75 Å². The summed E-state index contributed by atoms with van der Waals surface area (Å²) in [4.78, 5) is 11.8. The molecular formula is C16H26N2O2. The molecule has 1 rings (SSSR count). The summed E-state index contributed by atoms with van der Waals surface area (Å²) in [5.74, 6) is 0.718. The maximum atomic E-state index is 11.8. The molecule has 0 aliphatic heterocycles. The maximum absolute atomic E-state index is 11.8. The molecule has 0 aromatic heterocycles. The van der Waals surface area contributed by atoms with Gasteiger partial charge in [-0.15, -0.1) is 0 Å². The summed E-state index contributed by atoms with van der Waals surface area (Å²) < 4.78 is 5.60. The molecule has 0 unspecified atom stereocenters. The fourth-order valence-electron chi connectivity index (χ4n) is 1.83. The van der Waals surface area contributed by atoms with E-state index in [-0.39, 0.29) is 6.03 Å². The molecule has 0 aliphatic carbocycles. The number of carbonyl (C=O) groups excluding carboxylic acids is 1. The predicted molar refractivity (Wildman–Crippen MR) is 83.4 cm³/mol. The topological polar surface area (TPSA) is 50.4 Å². The van der Waals surface area contributed by atoms with Crippen LogP contribution < -0.4 is 15.4 Å². The van der Waals surface area contributed by atoms with E-state index in [2.05, 4.69) is 24.5 Å². The van der Waals surface area contributed by atoms with Crippen molar-refractivity contribution in [1.82, 2.24) is 5.32 Å². The zero-order valence-corrected chi connectivity index (χ0v) is 12.6. The lowest BCUT2D eigenvalue weighted by Crippen LogP contribution is -2.29. The third-order valence-electron chi connectivity index (χ3n) is 2.91. The van der Waals surface area contributed by atoms with Gasteiger partial charge < -0.3 is 15.4 Å². The lowest BCUT2D eigenvalue weighted by atomic mass is 10.2. The first kappa shape index (κ1) is 16.3. The highest BCUT2D eigenvalue weighted by atomic mass is 16.5. The van der Waals surface area contributed by atoms with Gasteiger partial charge in [0.2, 0.25) is 0 Å². The minimum absolute atomic E-state index is 0.172. The second kappa shape index (κ2) is 10.1. The summed E-state index contributed by atoms with van der Waals surface area (Å²) in [7, 11) is 0. The van der Waals surface area contributed by atoms with Crippen molar-refractivity contribution in [2.45, 2.75) is 46.0 Å². The van der Waals surface area contributed by atoms with Crippen LogP contribution in [-0.2, 0) is 0 Å². The number of benzene rings is 1. The molecule has 0 saturated heterocycles. The van der Waals surface area contributed by atoms with E-state index in [1.54, 1.807) is 0 Å². The number of hydrogen-bond acceptors (Lipinski definition) is 2. The SMILES string of the molecule is CCCCCCNC(=O)Nc1ccccc1OCCC. The van der Waals surface area contributed by atoms with Gasteiger partial charge in [-0.1, -0.05) is 45.2 Å². The molecular weight excluding hydrogens is 252 g/mol. The fourth-order valence-corrected chi connectivity index (χ4v) is 1.83. The number of urea groups is 1. The van der Waals surface area contributed by atoms with Gasteiger partial charge in [0.05, 0.1) is 12.3 Å². The Bertz CT molecular complexity index is 394. The van der Waals surface area contributed by atoms with Gasteiger partial charge in [0, 0.05) is 6.54 Å². The number of ether oxygens (including phenoxy) is 1. The van der Waals surface area contributed by atoms with Crippen molar-refractivity contribution in [2.75, 3.05) is 18.5 Å². The Balaban J connectivity index is 2.37. The molecule has 0 atom stereocenters. The predicted octanol–water partition coefficient (Wildman–Crippen LogP) is 4.18.